The van der Waals surface area contributed by atoms with Crippen molar-refractivity contribution >= 4 is 11.6 Å². The van der Waals surface area contributed by atoms with Crippen LogP contribution in [0.15, 0.2) is 30.5 Å². The Kier molecular flexibility index (Phi) is 3.52. The average Bonchev–Trinajstić information content (AvgIpc) is 3.23. The van der Waals surface area contributed by atoms with Crippen LogP contribution in [0.25, 0.3) is 0 Å². The zero-order valence-corrected chi connectivity index (χ0v) is 11.8. The van der Waals surface area contributed by atoms with E-state index in [1.54, 1.807) is 0 Å². The van der Waals surface area contributed by atoms with Gasteiger partial charge in [-0.15, -0.1) is 11.6 Å². The first-order chi connectivity index (χ1) is 9.26. The van der Waals surface area contributed by atoms with Gasteiger partial charge in [-0.1, -0.05) is 29.8 Å². The van der Waals surface area contributed by atoms with E-state index in [9.17, 15) is 0 Å². The van der Waals surface area contributed by atoms with Crippen molar-refractivity contribution in [3.8, 4) is 0 Å². The Hall–Kier alpha value is -1.41. The Morgan fingerprint density at radius 2 is 2.16 bits per heavy atom. The topological polar surface area (TPSA) is 25.8 Å². The highest BCUT2D eigenvalue weighted by Gasteiger charge is 2.27. The zero-order chi connectivity index (χ0) is 13.2. The molecule has 0 N–H and O–H groups in total. The zero-order valence-electron chi connectivity index (χ0n) is 11.1. The molecule has 1 aromatic heterocycles. The maximum atomic E-state index is 5.96. The van der Waals surface area contributed by atoms with Crippen LogP contribution in [0.3, 0.4) is 0 Å². The van der Waals surface area contributed by atoms with Crippen molar-refractivity contribution in [2.24, 2.45) is 0 Å². The summed E-state index contributed by atoms with van der Waals surface area (Å²) in [6, 6.07) is 8.51. The molecule has 0 bridgehead atoms. The predicted octanol–water partition coefficient (Wildman–Crippen LogP) is 3.99. The summed E-state index contributed by atoms with van der Waals surface area (Å²) < 4.78 is 0. The number of rotatable bonds is 4. The number of benzene rings is 1. The van der Waals surface area contributed by atoms with Gasteiger partial charge in [-0.3, -0.25) is 0 Å². The van der Waals surface area contributed by atoms with Crippen molar-refractivity contribution < 1.29 is 0 Å². The molecule has 19 heavy (non-hydrogen) atoms. The van der Waals surface area contributed by atoms with Gasteiger partial charge in [-0.05, 0) is 25.3 Å². The van der Waals surface area contributed by atoms with E-state index in [1.807, 2.05) is 6.20 Å². The molecule has 1 aromatic carbocycles. The Bertz CT molecular complexity index is 591. The van der Waals surface area contributed by atoms with Gasteiger partial charge in [0.15, 0.2) is 0 Å². The molecule has 0 saturated heterocycles. The van der Waals surface area contributed by atoms with Gasteiger partial charge in [0, 0.05) is 24.1 Å². The van der Waals surface area contributed by atoms with Crippen molar-refractivity contribution in [2.45, 2.75) is 38.0 Å². The fourth-order valence-electron chi connectivity index (χ4n) is 2.36. The van der Waals surface area contributed by atoms with Crippen LogP contribution in [0.2, 0.25) is 0 Å². The van der Waals surface area contributed by atoms with Gasteiger partial charge in [-0.2, -0.15) is 0 Å². The molecule has 3 heteroatoms. The number of aromatic nitrogens is 2. The minimum absolute atomic E-state index is 0.510. The summed E-state index contributed by atoms with van der Waals surface area (Å²) in [6.45, 7) is 2.11. The molecule has 0 radical (unpaired) electrons. The van der Waals surface area contributed by atoms with Crippen LogP contribution in [0.5, 0.6) is 0 Å². The second-order valence-corrected chi connectivity index (χ2v) is 5.54. The first-order valence-corrected chi connectivity index (χ1v) is 7.26. The molecule has 0 unspecified atom stereocenters. The van der Waals surface area contributed by atoms with Crippen molar-refractivity contribution in [2.75, 3.05) is 0 Å². The van der Waals surface area contributed by atoms with E-state index < -0.39 is 0 Å². The lowest BCUT2D eigenvalue weighted by Crippen LogP contribution is -2.03. The molecule has 1 heterocycles. The van der Waals surface area contributed by atoms with Crippen LogP contribution in [0.1, 0.15) is 47.0 Å². The molecule has 0 aliphatic heterocycles. The SMILES string of the molecule is Cc1cccc(Cc2ncc(CCl)c(C3CC3)n2)c1. The van der Waals surface area contributed by atoms with Crippen LogP contribution >= 0.6 is 11.6 Å². The fourth-order valence-corrected chi connectivity index (χ4v) is 2.57. The van der Waals surface area contributed by atoms with Crippen LogP contribution in [0.4, 0.5) is 0 Å². The molecule has 1 saturated carbocycles. The number of halogens is 1. The summed E-state index contributed by atoms with van der Waals surface area (Å²) in [6.07, 6.45) is 5.18. The molecule has 0 spiro atoms. The van der Waals surface area contributed by atoms with E-state index >= 15 is 0 Å². The summed E-state index contributed by atoms with van der Waals surface area (Å²) in [4.78, 5) is 9.18. The molecule has 2 nitrogen and oxygen atoms in total. The first kappa shape index (κ1) is 12.6. The second kappa shape index (κ2) is 5.30. The highest BCUT2D eigenvalue weighted by atomic mass is 35.5. The summed E-state index contributed by atoms with van der Waals surface area (Å²) in [5, 5.41) is 0. The van der Waals surface area contributed by atoms with Crippen LogP contribution in [0, 0.1) is 6.92 Å². The van der Waals surface area contributed by atoms with Gasteiger partial charge < -0.3 is 0 Å². The number of nitrogens with zero attached hydrogens (tertiary/aromatic N) is 2. The van der Waals surface area contributed by atoms with Gasteiger partial charge >= 0.3 is 0 Å². The van der Waals surface area contributed by atoms with Gasteiger partial charge in [-0.25, -0.2) is 9.97 Å². The molecular weight excluding hydrogens is 256 g/mol. The van der Waals surface area contributed by atoms with E-state index in [2.05, 4.69) is 36.2 Å². The van der Waals surface area contributed by atoms with Gasteiger partial charge in [0.1, 0.15) is 5.82 Å². The van der Waals surface area contributed by atoms with Crippen molar-refractivity contribution in [1.82, 2.24) is 9.97 Å². The fraction of sp³-hybridized carbons (Fsp3) is 0.375. The Balaban J connectivity index is 1.87. The van der Waals surface area contributed by atoms with E-state index in [0.29, 0.717) is 11.8 Å². The van der Waals surface area contributed by atoms with Gasteiger partial charge in [0.2, 0.25) is 0 Å². The summed E-state index contributed by atoms with van der Waals surface area (Å²) in [7, 11) is 0. The third-order valence-electron chi connectivity index (χ3n) is 3.50. The van der Waals surface area contributed by atoms with Crippen LogP contribution in [-0.4, -0.2) is 9.97 Å². The third kappa shape index (κ3) is 2.95. The Morgan fingerprint density at radius 3 is 2.84 bits per heavy atom. The van der Waals surface area contributed by atoms with Crippen LogP contribution < -0.4 is 0 Å². The average molecular weight is 273 g/mol. The van der Waals surface area contributed by atoms with Crippen molar-refractivity contribution in [3.05, 3.63) is 58.7 Å². The Labute approximate surface area is 118 Å². The predicted molar refractivity (Wildman–Crippen MR) is 77.5 cm³/mol. The van der Waals surface area contributed by atoms with Crippen molar-refractivity contribution in [1.29, 1.82) is 0 Å². The lowest BCUT2D eigenvalue weighted by molar-refractivity contribution is 0.877. The number of hydrogen-bond donors (Lipinski definition) is 0. The molecular formula is C16H17ClN2. The molecule has 1 fully saturated rings. The molecule has 1 aliphatic carbocycles. The smallest absolute Gasteiger partial charge is 0.132 e. The highest BCUT2D eigenvalue weighted by Crippen LogP contribution is 2.40. The Morgan fingerprint density at radius 1 is 1.32 bits per heavy atom. The maximum absolute atomic E-state index is 5.96. The lowest BCUT2D eigenvalue weighted by atomic mass is 10.1. The van der Waals surface area contributed by atoms with Crippen LogP contribution in [-0.2, 0) is 12.3 Å². The quantitative estimate of drug-likeness (QED) is 0.787. The molecule has 0 atom stereocenters. The molecule has 2 aromatic rings. The largest absolute Gasteiger partial charge is 0.241 e. The minimum atomic E-state index is 0.510. The third-order valence-corrected chi connectivity index (χ3v) is 3.79. The number of hydrogen-bond acceptors (Lipinski definition) is 2. The standard InChI is InChI=1S/C16H17ClN2/c1-11-3-2-4-12(7-11)8-15-18-10-14(9-17)16(19-15)13-5-6-13/h2-4,7,10,13H,5-6,8-9H2,1H3. The first-order valence-electron chi connectivity index (χ1n) is 6.72. The second-order valence-electron chi connectivity index (χ2n) is 5.27. The molecule has 98 valence electrons. The van der Waals surface area contributed by atoms with E-state index in [4.69, 9.17) is 16.6 Å². The van der Waals surface area contributed by atoms with Gasteiger partial charge in [0.05, 0.1) is 11.6 Å². The summed E-state index contributed by atoms with van der Waals surface area (Å²) in [5.41, 5.74) is 4.81. The number of alkyl halides is 1. The van der Waals surface area contributed by atoms with E-state index in [1.165, 1.54) is 29.7 Å². The van der Waals surface area contributed by atoms with E-state index in [-0.39, 0.29) is 0 Å². The van der Waals surface area contributed by atoms with Crippen molar-refractivity contribution in [3.63, 3.8) is 0 Å². The normalized spacial score (nSPS) is 14.6. The molecule has 3 rings (SSSR count). The monoisotopic (exact) mass is 272 g/mol. The van der Waals surface area contributed by atoms with Gasteiger partial charge in [0.25, 0.3) is 0 Å². The summed E-state index contributed by atoms with van der Waals surface area (Å²) >= 11 is 5.96. The lowest BCUT2D eigenvalue weighted by Gasteiger charge is -2.08. The van der Waals surface area contributed by atoms with E-state index in [0.717, 1.165) is 17.8 Å². The molecule has 1 aliphatic rings. The minimum Gasteiger partial charge on any atom is -0.241 e. The number of aryl methyl sites for hydroxylation is 1. The summed E-state index contributed by atoms with van der Waals surface area (Å²) in [5.74, 6) is 2.03. The highest BCUT2D eigenvalue weighted by molar-refractivity contribution is 6.17. The maximum Gasteiger partial charge on any atom is 0.132 e. The molecule has 0 amide bonds.